The molecule has 5 heteroatoms. The van der Waals surface area contributed by atoms with Gasteiger partial charge in [-0.3, -0.25) is 4.39 Å². The maximum absolute atomic E-state index is 11.9. The average molecular weight is 246 g/mol. The quantitative estimate of drug-likeness (QED) is 0.752. The minimum absolute atomic E-state index is 0.210. The number of halogens is 1. The molecule has 0 spiro atoms. The molecule has 0 bridgehead atoms. The highest BCUT2D eigenvalue weighted by molar-refractivity contribution is 7.14. The molecule has 0 saturated heterocycles. The molecule has 0 aromatic carbocycles. The first-order chi connectivity index (χ1) is 7.69. The molecule has 1 heterocycles. The Balaban J connectivity index is 2.74. The van der Waals surface area contributed by atoms with Crippen LogP contribution in [-0.4, -0.2) is 24.4 Å². The summed E-state index contributed by atoms with van der Waals surface area (Å²) in [6, 6.07) is 1.75. The number of carbonyl (C=O) groups is 1. The predicted octanol–water partition coefficient (Wildman–Crippen LogP) is 3.14. The number of rotatable bonds is 7. The number of aryl methyl sites for hydroxylation is 1. The highest BCUT2D eigenvalue weighted by Gasteiger charge is 2.16. The van der Waals surface area contributed by atoms with E-state index in [9.17, 15) is 9.18 Å². The second-order valence-corrected chi connectivity index (χ2v) is 4.49. The van der Waals surface area contributed by atoms with Crippen LogP contribution in [0.2, 0.25) is 0 Å². The second-order valence-electron chi connectivity index (χ2n) is 3.35. The van der Waals surface area contributed by atoms with E-state index in [2.05, 4.69) is 0 Å². The van der Waals surface area contributed by atoms with Crippen molar-refractivity contribution in [3.8, 4) is 5.75 Å². The van der Waals surface area contributed by atoms with Gasteiger partial charge in [-0.05, 0) is 12.5 Å². The van der Waals surface area contributed by atoms with Crippen LogP contribution in [0.1, 0.15) is 34.3 Å². The van der Waals surface area contributed by atoms with Crippen molar-refractivity contribution >= 4 is 17.3 Å². The van der Waals surface area contributed by atoms with Gasteiger partial charge >= 0.3 is 5.97 Å². The van der Waals surface area contributed by atoms with Crippen LogP contribution in [0.25, 0.3) is 0 Å². The number of aromatic carboxylic acids is 1. The number of thiophene rings is 1. The van der Waals surface area contributed by atoms with Gasteiger partial charge in [-0.1, -0.05) is 13.3 Å². The highest BCUT2D eigenvalue weighted by Crippen LogP contribution is 2.30. The van der Waals surface area contributed by atoms with Crippen LogP contribution in [-0.2, 0) is 6.42 Å². The lowest BCUT2D eigenvalue weighted by Crippen LogP contribution is -2.01. The van der Waals surface area contributed by atoms with Crippen molar-refractivity contribution < 1.29 is 19.0 Å². The van der Waals surface area contributed by atoms with Crippen molar-refractivity contribution in [2.24, 2.45) is 0 Å². The summed E-state index contributed by atoms with van der Waals surface area (Å²) in [6.07, 6.45) is 2.10. The molecular formula is C11H15FO3S. The molecule has 0 amide bonds. The number of alkyl halides is 1. The third kappa shape index (κ3) is 3.48. The second kappa shape index (κ2) is 6.48. The van der Waals surface area contributed by atoms with E-state index in [1.807, 2.05) is 6.92 Å². The van der Waals surface area contributed by atoms with Crippen LogP contribution in [0.4, 0.5) is 4.39 Å². The SMILES string of the molecule is CCCc1cc(OCCCF)c(C(=O)O)s1. The summed E-state index contributed by atoms with van der Waals surface area (Å²) >= 11 is 1.23. The molecule has 90 valence electrons. The largest absolute Gasteiger partial charge is 0.492 e. The van der Waals surface area contributed by atoms with E-state index in [0.717, 1.165) is 17.7 Å². The smallest absolute Gasteiger partial charge is 0.349 e. The number of carboxylic acid groups (broad SMARTS) is 1. The van der Waals surface area contributed by atoms with E-state index >= 15 is 0 Å². The minimum Gasteiger partial charge on any atom is -0.492 e. The van der Waals surface area contributed by atoms with Crippen molar-refractivity contribution in [1.82, 2.24) is 0 Å². The Morgan fingerprint density at radius 1 is 1.62 bits per heavy atom. The molecular weight excluding hydrogens is 231 g/mol. The Kier molecular flexibility index (Phi) is 5.25. The van der Waals surface area contributed by atoms with Crippen LogP contribution in [0.5, 0.6) is 5.75 Å². The first-order valence-corrected chi connectivity index (χ1v) is 6.05. The highest BCUT2D eigenvalue weighted by atomic mass is 32.1. The van der Waals surface area contributed by atoms with E-state index in [4.69, 9.17) is 9.84 Å². The van der Waals surface area contributed by atoms with Gasteiger partial charge < -0.3 is 9.84 Å². The van der Waals surface area contributed by atoms with E-state index in [1.54, 1.807) is 6.07 Å². The Morgan fingerprint density at radius 3 is 2.94 bits per heavy atom. The Hall–Kier alpha value is -1.10. The molecule has 3 nitrogen and oxygen atoms in total. The van der Waals surface area contributed by atoms with E-state index < -0.39 is 12.6 Å². The maximum Gasteiger partial charge on any atom is 0.349 e. The summed E-state index contributed by atoms with van der Waals surface area (Å²) in [5.41, 5.74) is 0. The molecule has 1 aromatic heterocycles. The third-order valence-corrected chi connectivity index (χ3v) is 3.14. The molecule has 16 heavy (non-hydrogen) atoms. The fourth-order valence-electron chi connectivity index (χ4n) is 1.29. The van der Waals surface area contributed by atoms with E-state index in [-0.39, 0.29) is 17.9 Å². The van der Waals surface area contributed by atoms with Gasteiger partial charge in [-0.15, -0.1) is 11.3 Å². The lowest BCUT2D eigenvalue weighted by molar-refractivity contribution is 0.0698. The summed E-state index contributed by atoms with van der Waals surface area (Å²) in [4.78, 5) is 12.1. The van der Waals surface area contributed by atoms with Crippen molar-refractivity contribution in [3.63, 3.8) is 0 Å². The van der Waals surface area contributed by atoms with Gasteiger partial charge in [-0.25, -0.2) is 4.79 Å². The number of hydrogen-bond donors (Lipinski definition) is 1. The fraction of sp³-hybridized carbons (Fsp3) is 0.545. The molecule has 0 saturated carbocycles. The van der Waals surface area contributed by atoms with Crippen LogP contribution in [0.15, 0.2) is 6.07 Å². The topological polar surface area (TPSA) is 46.5 Å². The lowest BCUT2D eigenvalue weighted by atomic mass is 10.3. The maximum atomic E-state index is 11.9. The molecule has 0 aliphatic carbocycles. The Bertz CT molecular complexity index is 349. The van der Waals surface area contributed by atoms with E-state index in [0.29, 0.717) is 5.75 Å². The molecule has 0 radical (unpaired) electrons. The van der Waals surface area contributed by atoms with Crippen LogP contribution in [0.3, 0.4) is 0 Å². The predicted molar refractivity (Wildman–Crippen MR) is 61.4 cm³/mol. The van der Waals surface area contributed by atoms with Crippen LogP contribution < -0.4 is 4.74 Å². The zero-order chi connectivity index (χ0) is 12.0. The average Bonchev–Trinajstić information content (AvgIpc) is 2.62. The molecule has 0 atom stereocenters. The molecule has 1 aromatic rings. The first kappa shape index (κ1) is 13.0. The molecule has 0 aliphatic heterocycles. The fourth-order valence-corrected chi connectivity index (χ4v) is 2.33. The zero-order valence-corrected chi connectivity index (χ0v) is 9.98. The first-order valence-electron chi connectivity index (χ1n) is 5.23. The standard InChI is InChI=1S/C11H15FO3S/c1-2-4-8-7-9(15-6-3-5-12)10(16-8)11(13)14/h7H,2-6H2,1H3,(H,13,14). The van der Waals surface area contributed by atoms with E-state index in [1.165, 1.54) is 11.3 Å². The summed E-state index contributed by atoms with van der Waals surface area (Å²) < 4.78 is 17.1. The molecule has 1 rings (SSSR count). The third-order valence-electron chi connectivity index (χ3n) is 1.98. The number of ether oxygens (including phenoxy) is 1. The summed E-state index contributed by atoms with van der Waals surface area (Å²) in [5.74, 6) is -0.614. The summed E-state index contributed by atoms with van der Waals surface area (Å²) in [5, 5.41) is 8.96. The Morgan fingerprint density at radius 2 is 2.38 bits per heavy atom. The Labute approximate surface area is 97.9 Å². The summed E-state index contributed by atoms with van der Waals surface area (Å²) in [6.45, 7) is 1.80. The van der Waals surface area contributed by atoms with Crippen molar-refractivity contribution in [2.75, 3.05) is 13.3 Å². The number of hydrogen-bond acceptors (Lipinski definition) is 3. The summed E-state index contributed by atoms with van der Waals surface area (Å²) in [7, 11) is 0. The van der Waals surface area contributed by atoms with Gasteiger partial charge in [-0.2, -0.15) is 0 Å². The van der Waals surface area contributed by atoms with Crippen molar-refractivity contribution in [3.05, 3.63) is 15.8 Å². The van der Waals surface area contributed by atoms with Crippen LogP contribution in [0, 0.1) is 0 Å². The molecule has 1 N–H and O–H groups in total. The van der Waals surface area contributed by atoms with Crippen molar-refractivity contribution in [2.45, 2.75) is 26.2 Å². The number of carboxylic acids is 1. The zero-order valence-electron chi connectivity index (χ0n) is 9.16. The molecule has 0 fully saturated rings. The van der Waals surface area contributed by atoms with Gasteiger partial charge in [0.1, 0.15) is 5.75 Å². The van der Waals surface area contributed by atoms with Crippen LogP contribution >= 0.6 is 11.3 Å². The van der Waals surface area contributed by atoms with Gasteiger partial charge in [0.2, 0.25) is 0 Å². The monoisotopic (exact) mass is 246 g/mol. The molecule has 0 aliphatic rings. The van der Waals surface area contributed by atoms with Gasteiger partial charge in [0.05, 0.1) is 13.3 Å². The molecule has 0 unspecified atom stereocenters. The van der Waals surface area contributed by atoms with Crippen molar-refractivity contribution in [1.29, 1.82) is 0 Å². The lowest BCUT2D eigenvalue weighted by Gasteiger charge is -2.02. The van der Waals surface area contributed by atoms with Gasteiger partial charge in [0.25, 0.3) is 0 Å². The van der Waals surface area contributed by atoms with Gasteiger partial charge in [0, 0.05) is 11.3 Å². The van der Waals surface area contributed by atoms with Gasteiger partial charge in [0.15, 0.2) is 4.88 Å². The minimum atomic E-state index is -0.984. The normalized spacial score (nSPS) is 10.4.